The minimum atomic E-state index is -0.185. The topological polar surface area (TPSA) is 23.5 Å². The van der Waals surface area contributed by atoms with Crippen molar-refractivity contribution in [2.45, 2.75) is 23.4 Å². The number of alkyl halides is 1. The van der Waals surface area contributed by atoms with Crippen molar-refractivity contribution in [2.75, 3.05) is 19.6 Å². The van der Waals surface area contributed by atoms with Crippen LogP contribution in [0.3, 0.4) is 0 Å². The molecule has 10 heavy (non-hydrogen) atoms. The molecule has 1 heterocycles. The van der Waals surface area contributed by atoms with E-state index in [0.717, 1.165) is 6.54 Å². The first-order valence-corrected chi connectivity index (χ1v) is 5.08. The van der Waals surface area contributed by atoms with Crippen molar-refractivity contribution in [1.82, 2.24) is 4.90 Å². The van der Waals surface area contributed by atoms with E-state index in [-0.39, 0.29) is 4.11 Å². The standard InChI is InChI=1S/C7H14INO/c8-7(10)6-9-4-2-1-3-5-9/h7,10H,1-6H2. The first kappa shape index (κ1) is 8.74. The van der Waals surface area contributed by atoms with E-state index in [1.54, 1.807) is 0 Å². The third-order valence-corrected chi connectivity index (χ3v) is 2.25. The first-order valence-electron chi connectivity index (χ1n) is 3.83. The molecule has 60 valence electrons. The van der Waals surface area contributed by atoms with Crippen LogP contribution in [0.5, 0.6) is 0 Å². The molecule has 0 saturated carbocycles. The van der Waals surface area contributed by atoms with Crippen LogP contribution < -0.4 is 0 Å². The number of aliphatic hydroxyl groups is 1. The van der Waals surface area contributed by atoms with Gasteiger partial charge in [-0.05, 0) is 25.9 Å². The zero-order valence-corrected chi connectivity index (χ0v) is 8.25. The number of hydrogen-bond donors (Lipinski definition) is 1. The lowest BCUT2D eigenvalue weighted by Crippen LogP contribution is -2.34. The number of halogens is 1. The van der Waals surface area contributed by atoms with Crippen LogP contribution in [-0.2, 0) is 0 Å². The molecular weight excluding hydrogens is 241 g/mol. The van der Waals surface area contributed by atoms with Crippen molar-refractivity contribution in [3.05, 3.63) is 0 Å². The predicted octanol–water partition coefficient (Wildman–Crippen LogP) is 1.23. The number of rotatable bonds is 2. The Kier molecular flexibility index (Phi) is 3.95. The summed E-state index contributed by atoms with van der Waals surface area (Å²) in [5.74, 6) is 0. The Morgan fingerprint density at radius 1 is 1.30 bits per heavy atom. The SMILES string of the molecule is OC(I)CN1CCCCC1. The minimum absolute atomic E-state index is 0.185. The van der Waals surface area contributed by atoms with E-state index < -0.39 is 0 Å². The summed E-state index contributed by atoms with van der Waals surface area (Å²) in [4.78, 5) is 2.33. The van der Waals surface area contributed by atoms with Crippen LogP contribution in [-0.4, -0.2) is 33.8 Å². The lowest BCUT2D eigenvalue weighted by molar-refractivity contribution is 0.163. The van der Waals surface area contributed by atoms with Gasteiger partial charge in [0.1, 0.15) is 4.11 Å². The third-order valence-electron chi connectivity index (χ3n) is 1.86. The Morgan fingerprint density at radius 2 is 1.90 bits per heavy atom. The third kappa shape index (κ3) is 3.16. The second kappa shape index (κ2) is 4.51. The molecule has 0 aromatic carbocycles. The molecule has 3 heteroatoms. The lowest BCUT2D eigenvalue weighted by Gasteiger charge is -2.26. The van der Waals surface area contributed by atoms with Gasteiger partial charge in [0, 0.05) is 6.54 Å². The molecule has 1 unspecified atom stereocenters. The van der Waals surface area contributed by atoms with Crippen LogP contribution in [0, 0.1) is 0 Å². The molecule has 1 aliphatic heterocycles. The van der Waals surface area contributed by atoms with Crippen LogP contribution >= 0.6 is 22.6 Å². The molecule has 0 aromatic rings. The molecule has 1 N–H and O–H groups in total. The highest BCUT2D eigenvalue weighted by molar-refractivity contribution is 14.1. The molecule has 2 nitrogen and oxygen atoms in total. The highest BCUT2D eigenvalue weighted by atomic mass is 127. The maximum Gasteiger partial charge on any atom is 0.117 e. The molecule has 0 radical (unpaired) electrons. The van der Waals surface area contributed by atoms with Crippen LogP contribution in [0.2, 0.25) is 0 Å². The van der Waals surface area contributed by atoms with Gasteiger partial charge in [0.05, 0.1) is 0 Å². The summed E-state index contributed by atoms with van der Waals surface area (Å²) in [6, 6.07) is 0. The van der Waals surface area contributed by atoms with Gasteiger partial charge in [0.15, 0.2) is 0 Å². The Balaban J connectivity index is 2.13. The van der Waals surface area contributed by atoms with Crippen molar-refractivity contribution in [3.63, 3.8) is 0 Å². The predicted molar refractivity (Wildman–Crippen MR) is 50.3 cm³/mol. The Morgan fingerprint density at radius 3 is 2.40 bits per heavy atom. The summed E-state index contributed by atoms with van der Waals surface area (Å²) in [7, 11) is 0. The van der Waals surface area contributed by atoms with Crippen molar-refractivity contribution in [3.8, 4) is 0 Å². The van der Waals surface area contributed by atoms with E-state index in [1.807, 2.05) is 0 Å². The quantitative estimate of drug-likeness (QED) is 0.592. The summed E-state index contributed by atoms with van der Waals surface area (Å²) in [5, 5.41) is 9.05. The van der Waals surface area contributed by atoms with Crippen LogP contribution in [0.1, 0.15) is 19.3 Å². The molecule has 1 saturated heterocycles. The highest BCUT2D eigenvalue weighted by Gasteiger charge is 2.11. The highest BCUT2D eigenvalue weighted by Crippen LogP contribution is 2.10. The summed E-state index contributed by atoms with van der Waals surface area (Å²) in [6.07, 6.45) is 3.99. The summed E-state index contributed by atoms with van der Waals surface area (Å²) in [6.45, 7) is 3.21. The molecular formula is C7H14INO. The molecule has 1 atom stereocenters. The van der Waals surface area contributed by atoms with Crippen LogP contribution in [0.4, 0.5) is 0 Å². The van der Waals surface area contributed by atoms with E-state index in [1.165, 1.54) is 32.4 Å². The van der Waals surface area contributed by atoms with Crippen molar-refractivity contribution in [1.29, 1.82) is 0 Å². The van der Waals surface area contributed by atoms with Crippen molar-refractivity contribution >= 4 is 22.6 Å². The molecule has 0 spiro atoms. The second-order valence-corrected chi connectivity index (χ2v) is 4.23. The van der Waals surface area contributed by atoms with Gasteiger partial charge in [-0.25, -0.2) is 0 Å². The number of aliphatic hydroxyl groups excluding tert-OH is 1. The van der Waals surface area contributed by atoms with Gasteiger partial charge < -0.3 is 5.11 Å². The lowest BCUT2D eigenvalue weighted by atomic mass is 10.1. The molecule has 0 bridgehead atoms. The fourth-order valence-corrected chi connectivity index (χ4v) is 1.91. The molecule has 0 aromatic heterocycles. The van der Waals surface area contributed by atoms with Crippen molar-refractivity contribution < 1.29 is 5.11 Å². The Labute approximate surface area is 75.7 Å². The number of hydrogen-bond acceptors (Lipinski definition) is 2. The van der Waals surface area contributed by atoms with Gasteiger partial charge in [-0.3, -0.25) is 4.90 Å². The van der Waals surface area contributed by atoms with E-state index in [9.17, 15) is 0 Å². The van der Waals surface area contributed by atoms with Crippen molar-refractivity contribution in [2.24, 2.45) is 0 Å². The van der Waals surface area contributed by atoms with E-state index in [0.29, 0.717) is 0 Å². The monoisotopic (exact) mass is 255 g/mol. The average Bonchev–Trinajstić information content (AvgIpc) is 1.88. The van der Waals surface area contributed by atoms with Crippen LogP contribution in [0.25, 0.3) is 0 Å². The molecule has 1 rings (SSSR count). The smallest absolute Gasteiger partial charge is 0.117 e. The van der Waals surface area contributed by atoms with E-state index in [2.05, 4.69) is 27.5 Å². The maximum atomic E-state index is 9.05. The minimum Gasteiger partial charge on any atom is -0.381 e. The van der Waals surface area contributed by atoms with Gasteiger partial charge in [-0.15, -0.1) is 0 Å². The van der Waals surface area contributed by atoms with Gasteiger partial charge in [-0.1, -0.05) is 29.0 Å². The van der Waals surface area contributed by atoms with Crippen LogP contribution in [0.15, 0.2) is 0 Å². The summed E-state index contributed by atoms with van der Waals surface area (Å²) < 4.78 is -0.185. The summed E-state index contributed by atoms with van der Waals surface area (Å²) >= 11 is 2.06. The summed E-state index contributed by atoms with van der Waals surface area (Å²) in [5.41, 5.74) is 0. The fraction of sp³-hybridized carbons (Fsp3) is 1.00. The second-order valence-electron chi connectivity index (χ2n) is 2.80. The zero-order valence-electron chi connectivity index (χ0n) is 6.09. The number of piperidine rings is 1. The van der Waals surface area contributed by atoms with E-state index >= 15 is 0 Å². The first-order chi connectivity index (χ1) is 4.79. The Hall–Kier alpha value is 0.650. The number of likely N-dealkylation sites (tertiary alicyclic amines) is 1. The Bertz CT molecular complexity index is 91.6. The van der Waals surface area contributed by atoms with E-state index in [4.69, 9.17) is 5.11 Å². The normalized spacial score (nSPS) is 24.6. The maximum absolute atomic E-state index is 9.05. The molecule has 0 amide bonds. The largest absolute Gasteiger partial charge is 0.381 e. The number of nitrogens with zero attached hydrogens (tertiary/aromatic N) is 1. The van der Waals surface area contributed by atoms with Gasteiger partial charge >= 0.3 is 0 Å². The number of β-amino-alcohol motifs (C(OH)–C–C–N with tert-alkyl or cyclic N) is 1. The van der Waals surface area contributed by atoms with Gasteiger partial charge in [-0.2, -0.15) is 0 Å². The van der Waals surface area contributed by atoms with Gasteiger partial charge in [0.25, 0.3) is 0 Å². The molecule has 0 aliphatic carbocycles. The molecule has 1 aliphatic rings. The average molecular weight is 255 g/mol. The van der Waals surface area contributed by atoms with Gasteiger partial charge in [0.2, 0.25) is 0 Å². The zero-order chi connectivity index (χ0) is 7.40. The fourth-order valence-electron chi connectivity index (χ4n) is 1.36. The molecule has 1 fully saturated rings.